The van der Waals surface area contributed by atoms with E-state index >= 15 is 0 Å². The summed E-state index contributed by atoms with van der Waals surface area (Å²) in [6, 6.07) is 2.96. The maximum Gasteiger partial charge on any atom is 0.417 e. The van der Waals surface area contributed by atoms with Crippen LogP contribution in [0, 0.1) is 3.57 Å². The average Bonchev–Trinajstić information content (AvgIpc) is 2.44. The smallest absolute Gasteiger partial charge is 0.417 e. The summed E-state index contributed by atoms with van der Waals surface area (Å²) < 4.78 is 40.0. The van der Waals surface area contributed by atoms with Gasteiger partial charge in [-0.1, -0.05) is 6.07 Å². The fraction of sp³-hybridized carbons (Fsp3) is 0.0714. The molecule has 11 heteroatoms. The third-order valence-electron chi connectivity index (χ3n) is 3.24. The maximum atomic E-state index is 13.4. The largest absolute Gasteiger partial charge is 0.478 e. The minimum absolute atomic E-state index is 0.0950. The molecule has 1 aromatic carbocycles. The predicted molar refractivity (Wildman–Crippen MR) is 88.5 cm³/mol. The lowest BCUT2D eigenvalue weighted by atomic mass is 9.91. The van der Waals surface area contributed by atoms with Gasteiger partial charge in [0.15, 0.2) is 0 Å². The molecule has 5 N–H and O–H groups in total. The number of nitrogens with two attached hydrogens (primary N) is 1. The van der Waals surface area contributed by atoms with Gasteiger partial charge in [0.1, 0.15) is 16.9 Å². The number of carboxylic acid groups (broad SMARTS) is 2. The van der Waals surface area contributed by atoms with Crippen molar-refractivity contribution in [3.63, 3.8) is 0 Å². The van der Waals surface area contributed by atoms with Gasteiger partial charge < -0.3 is 20.9 Å². The Bertz CT molecular complexity index is 953. The molecule has 0 unspecified atom stereocenters. The monoisotopic (exact) mass is 468 g/mol. The number of aromatic carboxylic acids is 2. The van der Waals surface area contributed by atoms with Gasteiger partial charge in [0.05, 0.1) is 5.56 Å². The zero-order valence-corrected chi connectivity index (χ0v) is 14.1. The van der Waals surface area contributed by atoms with Gasteiger partial charge in [-0.25, -0.2) is 9.59 Å². The number of anilines is 1. The van der Waals surface area contributed by atoms with Crippen molar-refractivity contribution in [1.82, 2.24) is 4.98 Å². The SMILES string of the molecule is Nc1[nH]c(=O)c(C(=O)O)c(-c2c(I)cccc2C(F)(F)F)c1C(=O)O. The highest BCUT2D eigenvalue weighted by molar-refractivity contribution is 14.1. The topological polar surface area (TPSA) is 133 Å². The maximum absolute atomic E-state index is 13.4. The second-order valence-electron chi connectivity index (χ2n) is 4.76. The third kappa shape index (κ3) is 3.31. The molecule has 2 rings (SSSR count). The first-order valence-corrected chi connectivity index (χ1v) is 7.43. The highest BCUT2D eigenvalue weighted by atomic mass is 127. The van der Waals surface area contributed by atoms with Crippen molar-refractivity contribution >= 4 is 40.3 Å². The van der Waals surface area contributed by atoms with Crippen LogP contribution in [0.4, 0.5) is 19.0 Å². The summed E-state index contributed by atoms with van der Waals surface area (Å²) in [5.74, 6) is -4.41. The molecule has 0 amide bonds. The van der Waals surface area contributed by atoms with Gasteiger partial charge in [0.25, 0.3) is 5.56 Å². The number of carbonyl (C=O) groups is 2. The van der Waals surface area contributed by atoms with Crippen molar-refractivity contribution < 1.29 is 33.0 Å². The first kappa shape index (κ1) is 18.8. The molecule has 0 radical (unpaired) electrons. The van der Waals surface area contributed by atoms with Gasteiger partial charge in [0.2, 0.25) is 0 Å². The number of rotatable bonds is 3. The van der Waals surface area contributed by atoms with Crippen LogP contribution in [0.15, 0.2) is 23.0 Å². The highest BCUT2D eigenvalue weighted by Crippen LogP contribution is 2.42. The van der Waals surface area contributed by atoms with Crippen LogP contribution < -0.4 is 11.3 Å². The van der Waals surface area contributed by atoms with Gasteiger partial charge in [0, 0.05) is 14.7 Å². The van der Waals surface area contributed by atoms with Crippen LogP contribution in [-0.2, 0) is 6.18 Å². The molecule has 25 heavy (non-hydrogen) atoms. The third-order valence-corrected chi connectivity index (χ3v) is 4.14. The normalized spacial score (nSPS) is 11.4. The van der Waals surface area contributed by atoms with E-state index in [1.165, 1.54) is 28.7 Å². The van der Waals surface area contributed by atoms with Crippen LogP contribution in [-0.4, -0.2) is 27.1 Å². The minimum atomic E-state index is -4.92. The molecule has 2 aromatic rings. The van der Waals surface area contributed by atoms with Crippen molar-refractivity contribution in [2.24, 2.45) is 0 Å². The lowest BCUT2D eigenvalue weighted by molar-refractivity contribution is -0.137. The summed E-state index contributed by atoms with van der Waals surface area (Å²) >= 11 is 1.49. The Hall–Kier alpha value is -2.57. The number of halogens is 4. The van der Waals surface area contributed by atoms with E-state index in [1.54, 1.807) is 0 Å². The number of alkyl halides is 3. The van der Waals surface area contributed by atoms with Crippen molar-refractivity contribution in [2.45, 2.75) is 6.18 Å². The lowest BCUT2D eigenvalue weighted by Gasteiger charge is -2.18. The van der Waals surface area contributed by atoms with Crippen molar-refractivity contribution in [1.29, 1.82) is 0 Å². The Labute approximate surface area is 150 Å². The van der Waals surface area contributed by atoms with Gasteiger partial charge in [-0.15, -0.1) is 0 Å². The van der Waals surface area contributed by atoms with Crippen LogP contribution in [0.2, 0.25) is 0 Å². The Morgan fingerprint density at radius 1 is 1.08 bits per heavy atom. The average molecular weight is 468 g/mol. The van der Waals surface area contributed by atoms with E-state index in [1.807, 2.05) is 4.98 Å². The van der Waals surface area contributed by atoms with Gasteiger partial charge in [-0.05, 0) is 34.7 Å². The summed E-state index contributed by atoms with van der Waals surface area (Å²) in [7, 11) is 0. The first-order valence-electron chi connectivity index (χ1n) is 6.35. The molecule has 0 atom stereocenters. The molecule has 0 fully saturated rings. The molecule has 132 valence electrons. The second-order valence-corrected chi connectivity index (χ2v) is 5.93. The Kier molecular flexibility index (Phi) is 4.79. The number of hydrogen-bond donors (Lipinski definition) is 4. The highest BCUT2D eigenvalue weighted by Gasteiger charge is 2.38. The quantitative estimate of drug-likeness (QED) is 0.512. The number of aromatic amines is 1. The molecule has 0 spiro atoms. The van der Waals surface area contributed by atoms with E-state index in [9.17, 15) is 37.8 Å². The summed E-state index contributed by atoms with van der Waals surface area (Å²) in [5, 5.41) is 18.6. The molecule has 0 bridgehead atoms. The molecule has 0 aliphatic rings. The number of nitrogen functional groups attached to an aromatic ring is 1. The van der Waals surface area contributed by atoms with E-state index in [0.717, 1.165) is 6.07 Å². The Balaban J connectivity index is 3.16. The summed E-state index contributed by atoms with van der Waals surface area (Å²) in [6.07, 6.45) is -4.92. The molecule has 0 aliphatic carbocycles. The number of H-pyrrole nitrogens is 1. The molecule has 0 aliphatic heterocycles. The summed E-state index contributed by atoms with van der Waals surface area (Å²) in [6.45, 7) is 0. The molecule has 0 saturated carbocycles. The van der Waals surface area contributed by atoms with Gasteiger partial charge in [-0.3, -0.25) is 4.79 Å². The fourth-order valence-electron chi connectivity index (χ4n) is 2.31. The zero-order valence-electron chi connectivity index (χ0n) is 11.9. The van der Waals surface area contributed by atoms with E-state index in [4.69, 9.17) is 5.73 Å². The molecular weight excluding hydrogens is 460 g/mol. The van der Waals surface area contributed by atoms with Crippen molar-refractivity contribution in [2.75, 3.05) is 5.73 Å². The molecule has 7 nitrogen and oxygen atoms in total. The number of pyridine rings is 1. The zero-order chi connectivity index (χ0) is 19.1. The van der Waals surface area contributed by atoms with Crippen molar-refractivity contribution in [3.05, 3.63) is 48.8 Å². The van der Waals surface area contributed by atoms with Crippen LogP contribution in [0.3, 0.4) is 0 Å². The fourth-order valence-corrected chi connectivity index (χ4v) is 3.08. The van der Waals surface area contributed by atoms with Gasteiger partial charge in [-0.2, -0.15) is 13.2 Å². The Morgan fingerprint density at radius 3 is 2.12 bits per heavy atom. The molecular formula is C14H8F3IN2O5. The van der Waals surface area contributed by atoms with Crippen LogP contribution in [0.25, 0.3) is 11.1 Å². The summed E-state index contributed by atoms with van der Waals surface area (Å²) in [5.41, 5.74) is -0.850. The predicted octanol–water partition coefficient (Wildman–Crippen LogP) is 2.64. The summed E-state index contributed by atoms with van der Waals surface area (Å²) in [4.78, 5) is 36.7. The van der Waals surface area contributed by atoms with Crippen LogP contribution in [0.5, 0.6) is 0 Å². The van der Waals surface area contributed by atoms with E-state index < -0.39 is 57.3 Å². The van der Waals surface area contributed by atoms with E-state index in [2.05, 4.69) is 0 Å². The Morgan fingerprint density at radius 2 is 1.64 bits per heavy atom. The van der Waals surface area contributed by atoms with E-state index in [0.29, 0.717) is 6.07 Å². The van der Waals surface area contributed by atoms with Crippen LogP contribution in [0.1, 0.15) is 26.3 Å². The number of nitrogens with one attached hydrogen (secondary N) is 1. The molecule has 1 aromatic heterocycles. The number of benzene rings is 1. The first-order chi connectivity index (χ1) is 11.5. The van der Waals surface area contributed by atoms with Gasteiger partial charge >= 0.3 is 18.1 Å². The van der Waals surface area contributed by atoms with E-state index in [-0.39, 0.29) is 3.57 Å². The number of aromatic nitrogens is 1. The molecule has 0 saturated heterocycles. The number of hydrogen-bond acceptors (Lipinski definition) is 4. The standard InChI is InChI=1S/C14H8F3IN2O5/c15-14(16,17)4-2-1-3-5(18)6(4)7-8(12(22)23)10(19)20-11(21)9(7)13(24)25/h1-3H,(H,22,23)(H,24,25)(H3,19,20,21). The second kappa shape index (κ2) is 6.38. The van der Waals surface area contributed by atoms with Crippen LogP contribution >= 0.6 is 22.6 Å². The van der Waals surface area contributed by atoms with Crippen molar-refractivity contribution in [3.8, 4) is 11.1 Å². The lowest BCUT2D eigenvalue weighted by Crippen LogP contribution is -2.25. The number of carboxylic acids is 2. The molecule has 1 heterocycles. The minimum Gasteiger partial charge on any atom is -0.478 e.